The minimum absolute atomic E-state index is 0.189. The third kappa shape index (κ3) is 3.69. The van der Waals surface area contributed by atoms with Crippen molar-refractivity contribution in [1.29, 1.82) is 0 Å². The summed E-state index contributed by atoms with van der Waals surface area (Å²) in [6, 6.07) is 22.1. The van der Waals surface area contributed by atoms with Gasteiger partial charge in [0.25, 0.3) is 0 Å². The first-order chi connectivity index (χ1) is 11.3. The van der Waals surface area contributed by atoms with Crippen LogP contribution in [0.25, 0.3) is 10.8 Å². The van der Waals surface area contributed by atoms with Gasteiger partial charge in [-0.05, 0) is 40.5 Å². The minimum atomic E-state index is -0.189. The van der Waals surface area contributed by atoms with Crippen molar-refractivity contribution in [3.63, 3.8) is 0 Å². The smallest absolute Gasteiger partial charge is 0.319 e. The predicted octanol–water partition coefficient (Wildman–Crippen LogP) is 4.72. The molecule has 0 saturated heterocycles. The number of urea groups is 1. The van der Waals surface area contributed by atoms with E-state index >= 15 is 0 Å². The molecule has 116 valence electrons. The second-order valence-electron chi connectivity index (χ2n) is 5.50. The van der Waals surface area contributed by atoms with Crippen molar-refractivity contribution in [3.05, 3.63) is 77.9 Å². The third-order valence-electron chi connectivity index (χ3n) is 3.91. The molecular formula is C20H20N2O. The van der Waals surface area contributed by atoms with Crippen molar-refractivity contribution in [2.45, 2.75) is 19.9 Å². The zero-order valence-electron chi connectivity index (χ0n) is 13.2. The number of nitrogens with one attached hydrogen (secondary N) is 2. The number of anilines is 1. The van der Waals surface area contributed by atoms with Crippen LogP contribution in [0.15, 0.2) is 66.7 Å². The van der Waals surface area contributed by atoms with Crippen LogP contribution in [0.2, 0.25) is 0 Å². The molecule has 3 rings (SSSR count). The molecule has 23 heavy (non-hydrogen) atoms. The summed E-state index contributed by atoms with van der Waals surface area (Å²) in [5.74, 6) is 0. The number of hydrogen-bond donors (Lipinski definition) is 2. The molecule has 0 aliphatic heterocycles. The molecule has 0 bridgehead atoms. The lowest BCUT2D eigenvalue weighted by molar-refractivity contribution is 0.252. The first-order valence-corrected chi connectivity index (χ1v) is 7.86. The fourth-order valence-electron chi connectivity index (χ4n) is 2.67. The number of carbonyl (C=O) groups is 1. The van der Waals surface area contributed by atoms with Gasteiger partial charge in [-0.3, -0.25) is 0 Å². The van der Waals surface area contributed by atoms with Gasteiger partial charge in [-0.25, -0.2) is 4.79 Å². The largest absolute Gasteiger partial charge is 0.334 e. The van der Waals surface area contributed by atoms with Crippen LogP contribution in [0.1, 0.15) is 18.1 Å². The lowest BCUT2D eigenvalue weighted by Gasteiger charge is -2.10. The minimum Gasteiger partial charge on any atom is -0.334 e. The van der Waals surface area contributed by atoms with Crippen LogP contribution in [0.5, 0.6) is 0 Å². The van der Waals surface area contributed by atoms with Crippen molar-refractivity contribution in [2.75, 3.05) is 5.32 Å². The van der Waals surface area contributed by atoms with Gasteiger partial charge in [-0.15, -0.1) is 0 Å². The van der Waals surface area contributed by atoms with Gasteiger partial charge in [-0.1, -0.05) is 61.5 Å². The summed E-state index contributed by atoms with van der Waals surface area (Å²) in [5, 5.41) is 8.16. The normalized spacial score (nSPS) is 10.5. The maximum atomic E-state index is 12.1. The van der Waals surface area contributed by atoms with Crippen molar-refractivity contribution in [1.82, 2.24) is 5.32 Å². The highest BCUT2D eigenvalue weighted by Gasteiger charge is 2.04. The van der Waals surface area contributed by atoms with Crippen LogP contribution in [0.4, 0.5) is 10.5 Å². The fourth-order valence-corrected chi connectivity index (χ4v) is 2.67. The molecule has 0 aliphatic carbocycles. The van der Waals surface area contributed by atoms with Gasteiger partial charge in [0.1, 0.15) is 0 Å². The summed E-state index contributed by atoms with van der Waals surface area (Å²) in [6.07, 6.45) is 0.952. The van der Waals surface area contributed by atoms with E-state index in [1.54, 1.807) is 0 Å². The molecule has 3 nitrogen and oxygen atoms in total. The van der Waals surface area contributed by atoms with Crippen LogP contribution in [0, 0.1) is 0 Å². The van der Waals surface area contributed by atoms with Crippen LogP contribution in [0.3, 0.4) is 0 Å². The molecular weight excluding hydrogens is 284 g/mol. The van der Waals surface area contributed by atoms with Gasteiger partial charge in [0.2, 0.25) is 0 Å². The molecule has 0 radical (unpaired) electrons. The van der Waals surface area contributed by atoms with Gasteiger partial charge in [0.15, 0.2) is 0 Å². The van der Waals surface area contributed by atoms with Crippen molar-refractivity contribution in [2.24, 2.45) is 0 Å². The van der Waals surface area contributed by atoms with E-state index in [4.69, 9.17) is 0 Å². The quantitative estimate of drug-likeness (QED) is 0.719. The van der Waals surface area contributed by atoms with Gasteiger partial charge < -0.3 is 10.6 Å². The lowest BCUT2D eigenvalue weighted by Crippen LogP contribution is -2.28. The topological polar surface area (TPSA) is 41.1 Å². The zero-order chi connectivity index (χ0) is 16.1. The zero-order valence-corrected chi connectivity index (χ0v) is 13.2. The summed E-state index contributed by atoms with van der Waals surface area (Å²) in [5.41, 5.74) is 3.14. The summed E-state index contributed by atoms with van der Waals surface area (Å²) >= 11 is 0. The number of carbonyl (C=O) groups excluding carboxylic acids is 1. The Balaban J connectivity index is 1.66. The van der Waals surface area contributed by atoms with E-state index in [9.17, 15) is 4.79 Å². The molecule has 0 aromatic heterocycles. The van der Waals surface area contributed by atoms with E-state index in [2.05, 4.69) is 41.8 Å². The number of amides is 2. The first kappa shape index (κ1) is 15.1. The highest BCUT2D eigenvalue weighted by molar-refractivity contribution is 5.90. The molecule has 0 saturated carbocycles. The van der Waals surface area contributed by atoms with Crippen molar-refractivity contribution >= 4 is 22.5 Å². The van der Waals surface area contributed by atoms with Crippen LogP contribution in [-0.4, -0.2) is 6.03 Å². The second kappa shape index (κ2) is 6.97. The standard InChI is InChI=1S/C20H20N2O/c1-2-15-7-5-11-18(13-15)22-20(23)21-14-17-10-6-9-16-8-3-4-12-19(16)17/h3-13H,2,14H2,1H3,(H2,21,22,23). The Bertz CT molecular complexity index is 821. The highest BCUT2D eigenvalue weighted by atomic mass is 16.2. The Morgan fingerprint density at radius 2 is 1.74 bits per heavy atom. The second-order valence-corrected chi connectivity index (χ2v) is 5.50. The molecule has 0 fully saturated rings. The summed E-state index contributed by atoms with van der Waals surface area (Å²) in [6.45, 7) is 2.60. The highest BCUT2D eigenvalue weighted by Crippen LogP contribution is 2.18. The summed E-state index contributed by atoms with van der Waals surface area (Å²) in [4.78, 5) is 12.1. The van der Waals surface area contributed by atoms with Crippen LogP contribution in [-0.2, 0) is 13.0 Å². The van der Waals surface area contributed by atoms with Crippen LogP contribution < -0.4 is 10.6 Å². The van der Waals surface area contributed by atoms with E-state index in [-0.39, 0.29) is 6.03 Å². The summed E-state index contributed by atoms with van der Waals surface area (Å²) in [7, 11) is 0. The molecule has 3 heteroatoms. The van der Waals surface area contributed by atoms with E-state index in [1.165, 1.54) is 16.3 Å². The first-order valence-electron chi connectivity index (χ1n) is 7.86. The molecule has 0 spiro atoms. The maximum absolute atomic E-state index is 12.1. The Labute approximate surface area is 136 Å². The molecule has 2 amide bonds. The fraction of sp³-hybridized carbons (Fsp3) is 0.150. The molecule has 3 aromatic rings. The monoisotopic (exact) mass is 304 g/mol. The molecule has 0 unspecified atom stereocenters. The van der Waals surface area contributed by atoms with E-state index in [0.29, 0.717) is 6.54 Å². The van der Waals surface area contributed by atoms with Crippen molar-refractivity contribution < 1.29 is 4.79 Å². The molecule has 0 heterocycles. The van der Waals surface area contributed by atoms with Gasteiger partial charge in [0.05, 0.1) is 0 Å². The average molecular weight is 304 g/mol. The Morgan fingerprint density at radius 1 is 0.957 bits per heavy atom. The van der Waals surface area contributed by atoms with Gasteiger partial charge in [0, 0.05) is 12.2 Å². The maximum Gasteiger partial charge on any atom is 0.319 e. The van der Waals surface area contributed by atoms with Gasteiger partial charge >= 0.3 is 6.03 Å². The summed E-state index contributed by atoms with van der Waals surface area (Å²) < 4.78 is 0. The van der Waals surface area contributed by atoms with E-state index in [0.717, 1.165) is 17.7 Å². The van der Waals surface area contributed by atoms with E-state index < -0.39 is 0 Å². The number of aryl methyl sites for hydroxylation is 1. The Morgan fingerprint density at radius 3 is 2.61 bits per heavy atom. The Hall–Kier alpha value is -2.81. The molecule has 0 aliphatic rings. The number of rotatable bonds is 4. The molecule has 0 atom stereocenters. The third-order valence-corrected chi connectivity index (χ3v) is 3.91. The number of benzene rings is 3. The average Bonchev–Trinajstić information content (AvgIpc) is 2.60. The molecule has 3 aromatic carbocycles. The van der Waals surface area contributed by atoms with E-state index in [1.807, 2.05) is 42.5 Å². The number of fused-ring (bicyclic) bond motifs is 1. The SMILES string of the molecule is CCc1cccc(NC(=O)NCc2cccc3ccccc23)c1. The molecule has 2 N–H and O–H groups in total. The van der Waals surface area contributed by atoms with Crippen LogP contribution >= 0.6 is 0 Å². The van der Waals surface area contributed by atoms with Crippen molar-refractivity contribution in [3.8, 4) is 0 Å². The van der Waals surface area contributed by atoms with Gasteiger partial charge in [-0.2, -0.15) is 0 Å². The predicted molar refractivity (Wildman–Crippen MR) is 95.6 cm³/mol. The lowest BCUT2D eigenvalue weighted by atomic mass is 10.0. The number of hydrogen-bond acceptors (Lipinski definition) is 1. The Kier molecular flexibility index (Phi) is 4.57.